The molecular weight excluding hydrogens is 296 g/mol. The van der Waals surface area contributed by atoms with Crippen molar-refractivity contribution in [3.8, 4) is 0 Å². The van der Waals surface area contributed by atoms with Gasteiger partial charge in [-0.05, 0) is 35.4 Å². The van der Waals surface area contributed by atoms with Gasteiger partial charge >= 0.3 is 0 Å². The van der Waals surface area contributed by atoms with E-state index in [-0.39, 0.29) is 13.1 Å². The van der Waals surface area contributed by atoms with E-state index in [9.17, 15) is 17.6 Å². The van der Waals surface area contributed by atoms with E-state index in [4.69, 9.17) is 0 Å². The second-order valence-corrected chi connectivity index (χ2v) is 4.48. The highest BCUT2D eigenvalue weighted by molar-refractivity contribution is 5.80. The molecule has 0 aliphatic carbocycles. The second kappa shape index (κ2) is 7.49. The van der Waals surface area contributed by atoms with Crippen LogP contribution < -0.4 is 0 Å². The van der Waals surface area contributed by atoms with Crippen LogP contribution in [-0.4, -0.2) is 25.5 Å². The van der Waals surface area contributed by atoms with Crippen molar-refractivity contribution in [3.63, 3.8) is 0 Å². The van der Waals surface area contributed by atoms with E-state index in [1.165, 1.54) is 12.4 Å². The molecule has 0 aliphatic heterocycles. The lowest BCUT2D eigenvalue weighted by Gasteiger charge is -1.96. The minimum absolute atomic E-state index is 0.284. The molecule has 0 unspecified atom stereocenters. The molecule has 0 radical (unpaired) electrons. The Kier molecular flexibility index (Phi) is 5.41. The molecule has 0 saturated heterocycles. The number of rotatable bonds is 5. The lowest BCUT2D eigenvalue weighted by molar-refractivity contribution is 0.582. The Balaban J connectivity index is 1.86. The van der Waals surface area contributed by atoms with Crippen LogP contribution in [0.4, 0.5) is 17.6 Å². The number of hydrogen-bond donors (Lipinski definition) is 0. The first-order valence-electron chi connectivity index (χ1n) is 6.45. The molecule has 114 valence electrons. The fourth-order valence-corrected chi connectivity index (χ4v) is 1.75. The molecular formula is C16H12F4N2. The fourth-order valence-electron chi connectivity index (χ4n) is 1.75. The molecule has 2 nitrogen and oxygen atoms in total. The highest BCUT2D eigenvalue weighted by Crippen LogP contribution is 2.06. The Hall–Kier alpha value is -2.50. The van der Waals surface area contributed by atoms with E-state index in [0.717, 1.165) is 36.4 Å². The van der Waals surface area contributed by atoms with Crippen LogP contribution in [0, 0.1) is 23.3 Å². The molecule has 0 heterocycles. The van der Waals surface area contributed by atoms with E-state index in [0.29, 0.717) is 11.1 Å². The van der Waals surface area contributed by atoms with Gasteiger partial charge in [0.1, 0.15) is 23.3 Å². The maximum absolute atomic E-state index is 12.9. The Labute approximate surface area is 124 Å². The quantitative estimate of drug-likeness (QED) is 0.456. The molecule has 2 aromatic rings. The zero-order valence-corrected chi connectivity index (χ0v) is 11.4. The number of benzene rings is 2. The monoisotopic (exact) mass is 308 g/mol. The molecule has 2 rings (SSSR count). The number of aliphatic imine (C=N–C) groups is 2. The molecule has 0 N–H and O–H groups in total. The standard InChI is InChI=1S/C16H12F4N2/c17-13-3-11(4-14(18)7-13)9-21-1-2-22-10-12-5-15(19)8-16(20)6-12/h3-10H,1-2H2. The van der Waals surface area contributed by atoms with Gasteiger partial charge in [0, 0.05) is 24.6 Å². The van der Waals surface area contributed by atoms with Gasteiger partial charge < -0.3 is 0 Å². The van der Waals surface area contributed by atoms with Crippen LogP contribution in [-0.2, 0) is 0 Å². The molecule has 0 aliphatic rings. The summed E-state index contributed by atoms with van der Waals surface area (Å²) in [7, 11) is 0. The minimum atomic E-state index is -0.674. The predicted octanol–water partition coefficient (Wildman–Crippen LogP) is 3.78. The first-order valence-corrected chi connectivity index (χ1v) is 6.45. The molecule has 0 saturated carbocycles. The lowest BCUT2D eigenvalue weighted by Crippen LogP contribution is -1.92. The van der Waals surface area contributed by atoms with Gasteiger partial charge in [-0.2, -0.15) is 0 Å². The van der Waals surface area contributed by atoms with Crippen molar-refractivity contribution in [3.05, 3.63) is 70.8 Å². The summed E-state index contributed by atoms with van der Waals surface area (Å²) in [6.07, 6.45) is 2.67. The van der Waals surface area contributed by atoms with E-state index in [2.05, 4.69) is 9.98 Å². The van der Waals surface area contributed by atoms with Gasteiger partial charge in [0.25, 0.3) is 0 Å². The Morgan fingerprint density at radius 3 is 1.23 bits per heavy atom. The molecule has 22 heavy (non-hydrogen) atoms. The van der Waals surface area contributed by atoms with Crippen molar-refractivity contribution < 1.29 is 17.6 Å². The van der Waals surface area contributed by atoms with E-state index in [1.54, 1.807) is 0 Å². The van der Waals surface area contributed by atoms with E-state index < -0.39 is 23.3 Å². The van der Waals surface area contributed by atoms with Crippen LogP contribution in [0.1, 0.15) is 11.1 Å². The Morgan fingerprint density at radius 2 is 0.909 bits per heavy atom. The summed E-state index contributed by atoms with van der Waals surface area (Å²) in [6.45, 7) is 0.568. The van der Waals surface area contributed by atoms with Gasteiger partial charge in [0.15, 0.2) is 0 Å². The molecule has 0 amide bonds. The topological polar surface area (TPSA) is 24.7 Å². The van der Waals surface area contributed by atoms with Crippen LogP contribution in [0.25, 0.3) is 0 Å². The van der Waals surface area contributed by atoms with Crippen molar-refractivity contribution in [1.29, 1.82) is 0 Å². The zero-order chi connectivity index (χ0) is 15.9. The maximum Gasteiger partial charge on any atom is 0.126 e. The lowest BCUT2D eigenvalue weighted by atomic mass is 10.2. The highest BCUT2D eigenvalue weighted by Gasteiger charge is 1.98. The third-order valence-corrected chi connectivity index (χ3v) is 2.61. The second-order valence-electron chi connectivity index (χ2n) is 4.48. The van der Waals surface area contributed by atoms with Crippen molar-refractivity contribution >= 4 is 12.4 Å². The summed E-state index contributed by atoms with van der Waals surface area (Å²) in [4.78, 5) is 7.94. The first kappa shape index (κ1) is 15.9. The molecule has 0 atom stereocenters. The molecule has 0 fully saturated rings. The van der Waals surface area contributed by atoms with Crippen LogP contribution >= 0.6 is 0 Å². The van der Waals surface area contributed by atoms with Crippen molar-refractivity contribution in [2.45, 2.75) is 0 Å². The van der Waals surface area contributed by atoms with Crippen LogP contribution in [0.15, 0.2) is 46.4 Å². The number of nitrogens with zero attached hydrogens (tertiary/aromatic N) is 2. The highest BCUT2D eigenvalue weighted by atomic mass is 19.1. The van der Waals surface area contributed by atoms with Gasteiger partial charge in [-0.25, -0.2) is 17.6 Å². The smallest absolute Gasteiger partial charge is 0.126 e. The molecule has 0 aromatic heterocycles. The molecule has 6 heteroatoms. The summed E-state index contributed by atoms with van der Waals surface area (Å²) < 4.78 is 51.7. The first-order chi connectivity index (χ1) is 10.5. The van der Waals surface area contributed by atoms with Gasteiger partial charge in [0.2, 0.25) is 0 Å². The Morgan fingerprint density at radius 1 is 0.591 bits per heavy atom. The third-order valence-electron chi connectivity index (χ3n) is 2.61. The van der Waals surface area contributed by atoms with Crippen molar-refractivity contribution in [1.82, 2.24) is 0 Å². The minimum Gasteiger partial charge on any atom is -0.291 e. The molecule has 2 aromatic carbocycles. The summed E-state index contributed by atoms with van der Waals surface area (Å²) in [5.41, 5.74) is 0.627. The van der Waals surface area contributed by atoms with Gasteiger partial charge in [-0.1, -0.05) is 0 Å². The van der Waals surface area contributed by atoms with Crippen LogP contribution in [0.3, 0.4) is 0 Å². The summed E-state index contributed by atoms with van der Waals surface area (Å²) in [5.74, 6) is -2.69. The largest absolute Gasteiger partial charge is 0.291 e. The van der Waals surface area contributed by atoms with E-state index in [1.807, 2.05) is 0 Å². The summed E-state index contributed by atoms with van der Waals surface area (Å²) >= 11 is 0. The number of halogens is 4. The molecule has 0 bridgehead atoms. The normalized spacial score (nSPS) is 11.6. The fraction of sp³-hybridized carbons (Fsp3) is 0.125. The SMILES string of the molecule is Fc1cc(F)cc(C=NCCN=Cc2cc(F)cc(F)c2)c1. The average Bonchev–Trinajstić information content (AvgIpc) is 2.40. The molecule has 0 spiro atoms. The Bertz CT molecular complexity index is 609. The summed E-state index contributed by atoms with van der Waals surface area (Å²) in [5, 5.41) is 0. The number of hydrogen-bond acceptors (Lipinski definition) is 2. The van der Waals surface area contributed by atoms with Crippen molar-refractivity contribution in [2.24, 2.45) is 9.98 Å². The zero-order valence-electron chi connectivity index (χ0n) is 11.4. The average molecular weight is 308 g/mol. The van der Waals surface area contributed by atoms with Crippen LogP contribution in [0.2, 0.25) is 0 Å². The van der Waals surface area contributed by atoms with Crippen LogP contribution in [0.5, 0.6) is 0 Å². The van der Waals surface area contributed by atoms with Gasteiger partial charge in [0.05, 0.1) is 13.1 Å². The van der Waals surface area contributed by atoms with Gasteiger partial charge in [-0.15, -0.1) is 0 Å². The van der Waals surface area contributed by atoms with Gasteiger partial charge in [-0.3, -0.25) is 9.98 Å². The van der Waals surface area contributed by atoms with E-state index >= 15 is 0 Å². The van der Waals surface area contributed by atoms with Crippen molar-refractivity contribution in [2.75, 3.05) is 13.1 Å². The predicted molar refractivity (Wildman–Crippen MR) is 77.6 cm³/mol. The summed E-state index contributed by atoms with van der Waals surface area (Å²) in [6, 6.07) is 6.19. The maximum atomic E-state index is 12.9. The third kappa shape index (κ3) is 5.12.